The number of imide groups is 1. The van der Waals surface area contributed by atoms with Gasteiger partial charge in [-0.25, -0.2) is 4.90 Å². The molecule has 4 rings (SSSR count). The lowest BCUT2D eigenvalue weighted by Gasteiger charge is -2.17. The fourth-order valence-corrected chi connectivity index (χ4v) is 3.70. The molecule has 34 heavy (non-hydrogen) atoms. The van der Waals surface area contributed by atoms with Gasteiger partial charge < -0.3 is 14.8 Å². The van der Waals surface area contributed by atoms with Gasteiger partial charge in [0.2, 0.25) is 0 Å². The topological polar surface area (TPSA) is 111 Å². The number of hydrogen-bond acceptors (Lipinski definition) is 7. The van der Waals surface area contributed by atoms with Crippen LogP contribution in [0, 0.1) is 17.0 Å². The van der Waals surface area contributed by atoms with E-state index in [9.17, 15) is 19.7 Å². The normalized spacial score (nSPS) is 13.3. The van der Waals surface area contributed by atoms with E-state index in [1.54, 1.807) is 36.4 Å². The summed E-state index contributed by atoms with van der Waals surface area (Å²) < 4.78 is 10.7. The number of ether oxygens (including phenoxy) is 2. The predicted molar refractivity (Wildman–Crippen MR) is 127 cm³/mol. The van der Waals surface area contributed by atoms with Crippen LogP contribution in [0.2, 0.25) is 0 Å². The average molecular weight is 459 g/mol. The van der Waals surface area contributed by atoms with Crippen molar-refractivity contribution in [3.05, 3.63) is 93.7 Å². The Morgan fingerprint density at radius 2 is 1.65 bits per heavy atom. The van der Waals surface area contributed by atoms with E-state index in [0.29, 0.717) is 28.4 Å². The number of non-ortho nitro benzene ring substituents is 1. The van der Waals surface area contributed by atoms with Crippen LogP contribution in [0.1, 0.15) is 11.1 Å². The summed E-state index contributed by atoms with van der Waals surface area (Å²) >= 11 is 0. The fourth-order valence-electron chi connectivity index (χ4n) is 3.70. The molecule has 1 aliphatic rings. The number of nitrogens with zero attached hydrogens (tertiary/aromatic N) is 2. The zero-order valence-corrected chi connectivity index (χ0v) is 18.7. The van der Waals surface area contributed by atoms with Gasteiger partial charge in [0.05, 0.1) is 36.1 Å². The zero-order valence-electron chi connectivity index (χ0n) is 18.7. The molecule has 0 saturated carbocycles. The van der Waals surface area contributed by atoms with E-state index in [-0.39, 0.29) is 17.0 Å². The maximum atomic E-state index is 13.6. The van der Waals surface area contributed by atoms with E-state index in [2.05, 4.69) is 5.32 Å². The zero-order chi connectivity index (χ0) is 24.4. The molecule has 0 aromatic heterocycles. The van der Waals surface area contributed by atoms with Crippen LogP contribution in [0.3, 0.4) is 0 Å². The number of nitro benzene ring substituents is 1. The highest BCUT2D eigenvalue weighted by atomic mass is 16.6. The van der Waals surface area contributed by atoms with Crippen molar-refractivity contribution in [2.45, 2.75) is 6.92 Å². The van der Waals surface area contributed by atoms with Crippen LogP contribution in [0.15, 0.2) is 72.4 Å². The molecule has 0 unspecified atom stereocenters. The van der Waals surface area contributed by atoms with Gasteiger partial charge in [-0.1, -0.05) is 12.1 Å². The summed E-state index contributed by atoms with van der Waals surface area (Å²) in [5.41, 5.74) is 2.12. The quantitative estimate of drug-likeness (QED) is 0.318. The molecule has 0 spiro atoms. The minimum absolute atomic E-state index is 0.0329. The summed E-state index contributed by atoms with van der Waals surface area (Å²) in [7, 11) is 3.00. The van der Waals surface area contributed by atoms with Gasteiger partial charge in [-0.3, -0.25) is 19.7 Å². The van der Waals surface area contributed by atoms with Crippen LogP contribution >= 0.6 is 0 Å². The molecule has 9 heteroatoms. The van der Waals surface area contributed by atoms with Crippen molar-refractivity contribution in [1.82, 2.24) is 0 Å². The Morgan fingerprint density at radius 1 is 0.912 bits per heavy atom. The molecule has 1 aliphatic heterocycles. The second-order valence-electron chi connectivity index (χ2n) is 7.53. The van der Waals surface area contributed by atoms with Gasteiger partial charge in [-0.05, 0) is 54.4 Å². The van der Waals surface area contributed by atoms with Crippen molar-refractivity contribution in [2.75, 3.05) is 24.4 Å². The summed E-state index contributed by atoms with van der Waals surface area (Å²) in [6.45, 7) is 1.89. The van der Waals surface area contributed by atoms with Gasteiger partial charge >= 0.3 is 0 Å². The van der Waals surface area contributed by atoms with Gasteiger partial charge in [-0.15, -0.1) is 0 Å². The highest BCUT2D eigenvalue weighted by molar-refractivity contribution is 6.46. The van der Waals surface area contributed by atoms with Crippen LogP contribution in [0.25, 0.3) is 5.57 Å². The minimum atomic E-state index is -0.574. The Kier molecular flexibility index (Phi) is 6.01. The third-order valence-electron chi connectivity index (χ3n) is 5.38. The van der Waals surface area contributed by atoms with Crippen molar-refractivity contribution in [2.24, 2.45) is 0 Å². The Morgan fingerprint density at radius 3 is 2.29 bits per heavy atom. The van der Waals surface area contributed by atoms with Crippen molar-refractivity contribution in [1.29, 1.82) is 0 Å². The Balaban J connectivity index is 1.85. The lowest BCUT2D eigenvalue weighted by Crippen LogP contribution is -2.32. The van der Waals surface area contributed by atoms with Gasteiger partial charge in [-0.2, -0.15) is 0 Å². The highest BCUT2D eigenvalue weighted by Gasteiger charge is 2.40. The number of anilines is 2. The molecule has 1 heterocycles. The van der Waals surface area contributed by atoms with Gasteiger partial charge in [0, 0.05) is 18.2 Å². The van der Waals surface area contributed by atoms with E-state index in [1.165, 1.54) is 38.5 Å². The second kappa shape index (κ2) is 9.07. The van der Waals surface area contributed by atoms with Crippen LogP contribution in [0.5, 0.6) is 11.5 Å². The summed E-state index contributed by atoms with van der Waals surface area (Å²) in [5.74, 6) is -0.172. The lowest BCUT2D eigenvalue weighted by molar-refractivity contribution is -0.384. The first-order valence-electron chi connectivity index (χ1n) is 10.3. The molecular weight excluding hydrogens is 438 g/mol. The number of aryl methyl sites for hydroxylation is 1. The van der Waals surface area contributed by atoms with Crippen LogP contribution < -0.4 is 19.7 Å². The molecule has 9 nitrogen and oxygen atoms in total. The Hall–Kier alpha value is -4.66. The maximum Gasteiger partial charge on any atom is 0.282 e. The molecule has 0 saturated heterocycles. The fraction of sp³-hybridized carbons (Fsp3) is 0.120. The number of carbonyl (C=O) groups excluding carboxylic acids is 2. The summed E-state index contributed by atoms with van der Waals surface area (Å²) in [5, 5.41) is 14.2. The molecule has 0 aliphatic carbocycles. The monoisotopic (exact) mass is 459 g/mol. The molecule has 1 N–H and O–H groups in total. The molecule has 0 atom stereocenters. The predicted octanol–water partition coefficient (Wildman–Crippen LogP) is 4.32. The van der Waals surface area contributed by atoms with Crippen molar-refractivity contribution < 1.29 is 24.0 Å². The van der Waals surface area contributed by atoms with E-state index in [4.69, 9.17) is 9.47 Å². The number of carbonyl (C=O) groups is 2. The summed E-state index contributed by atoms with van der Waals surface area (Å²) in [6, 6.07) is 17.5. The molecule has 3 aromatic carbocycles. The Bertz CT molecular complexity index is 1330. The number of nitrogens with one attached hydrogen (secondary N) is 1. The molecular formula is C25H21N3O6. The third kappa shape index (κ3) is 4.06. The molecule has 3 aromatic rings. The van der Waals surface area contributed by atoms with E-state index >= 15 is 0 Å². The Labute approximate surface area is 195 Å². The van der Waals surface area contributed by atoms with Gasteiger partial charge in [0.15, 0.2) is 0 Å². The highest BCUT2D eigenvalue weighted by Crippen LogP contribution is 2.37. The summed E-state index contributed by atoms with van der Waals surface area (Å²) in [4.78, 5) is 38.7. The first-order chi connectivity index (χ1) is 16.3. The minimum Gasteiger partial charge on any atom is -0.497 e. The van der Waals surface area contributed by atoms with E-state index in [0.717, 1.165) is 10.5 Å². The molecule has 2 amide bonds. The SMILES string of the molecule is COc1cccc(N2C(=O)C(Nc3cc(C)ccc3OC)=C(c3ccc([N+](=O)[O-])cc3)C2=O)c1. The van der Waals surface area contributed by atoms with Crippen LogP contribution in [-0.4, -0.2) is 31.0 Å². The van der Waals surface area contributed by atoms with Crippen molar-refractivity contribution in [3.63, 3.8) is 0 Å². The first kappa shape index (κ1) is 22.5. The second-order valence-corrected chi connectivity index (χ2v) is 7.53. The largest absolute Gasteiger partial charge is 0.497 e. The van der Waals surface area contributed by atoms with Crippen molar-refractivity contribution in [3.8, 4) is 11.5 Å². The van der Waals surface area contributed by atoms with E-state index in [1.807, 2.05) is 13.0 Å². The number of hydrogen-bond donors (Lipinski definition) is 1. The summed E-state index contributed by atoms with van der Waals surface area (Å²) in [6.07, 6.45) is 0. The molecule has 172 valence electrons. The number of rotatable bonds is 7. The molecule has 0 fully saturated rings. The number of nitro groups is 1. The number of methoxy groups -OCH3 is 2. The smallest absolute Gasteiger partial charge is 0.282 e. The standard InChI is InChI=1S/C25H21N3O6/c1-15-7-12-21(34-3)20(13-15)26-23-22(16-8-10-17(11-9-16)28(31)32)24(29)27(25(23)30)18-5-4-6-19(14-18)33-2/h4-14,26H,1-3H3. The van der Waals surface area contributed by atoms with Gasteiger partial charge in [0.1, 0.15) is 17.2 Å². The van der Waals surface area contributed by atoms with Crippen LogP contribution in [-0.2, 0) is 9.59 Å². The maximum absolute atomic E-state index is 13.6. The van der Waals surface area contributed by atoms with Gasteiger partial charge in [0.25, 0.3) is 17.5 Å². The first-order valence-corrected chi connectivity index (χ1v) is 10.3. The van der Waals surface area contributed by atoms with E-state index < -0.39 is 16.7 Å². The number of amides is 2. The molecule has 0 bridgehead atoms. The van der Waals surface area contributed by atoms with Crippen molar-refractivity contribution >= 4 is 34.4 Å². The molecule has 0 radical (unpaired) electrons. The van der Waals surface area contributed by atoms with Crippen LogP contribution in [0.4, 0.5) is 17.1 Å². The number of benzene rings is 3. The average Bonchev–Trinajstić information content (AvgIpc) is 3.08. The third-order valence-corrected chi connectivity index (χ3v) is 5.38. The lowest BCUT2D eigenvalue weighted by atomic mass is 10.0.